The number of aromatic nitrogens is 1. The van der Waals surface area contributed by atoms with Crippen molar-refractivity contribution in [2.75, 3.05) is 0 Å². The minimum atomic E-state index is -0.984. The summed E-state index contributed by atoms with van der Waals surface area (Å²) in [7, 11) is 0. The van der Waals surface area contributed by atoms with E-state index in [1.807, 2.05) is 20.8 Å². The fourth-order valence-electron chi connectivity index (χ4n) is 1.56. The maximum absolute atomic E-state index is 12.0. The molecule has 1 amide bonds. The summed E-state index contributed by atoms with van der Waals surface area (Å²) in [6, 6.07) is 3.71. The second-order valence-electron chi connectivity index (χ2n) is 5.42. The van der Waals surface area contributed by atoms with E-state index < -0.39 is 23.3 Å². The molecule has 6 nitrogen and oxygen atoms in total. The number of carbonyl (C=O) groups excluding carboxylic acids is 1. The number of carboxylic acids is 1. The lowest BCUT2D eigenvalue weighted by Crippen LogP contribution is -2.45. The molecule has 0 bridgehead atoms. The van der Waals surface area contributed by atoms with E-state index in [1.54, 1.807) is 0 Å². The molecule has 0 radical (unpaired) electrons. The first kappa shape index (κ1) is 14.9. The Labute approximate surface area is 110 Å². The zero-order chi connectivity index (χ0) is 14.6. The van der Waals surface area contributed by atoms with E-state index in [0.29, 0.717) is 0 Å². The molecule has 0 fully saturated rings. The molecule has 0 aliphatic carbocycles. The van der Waals surface area contributed by atoms with E-state index in [4.69, 9.17) is 5.11 Å². The number of nitrogens with one attached hydrogen (secondary N) is 2. The summed E-state index contributed by atoms with van der Waals surface area (Å²) in [5.41, 5.74) is -0.659. The first-order valence-electron chi connectivity index (χ1n) is 5.92. The summed E-state index contributed by atoms with van der Waals surface area (Å²) in [6.45, 7) is 5.53. The number of carboxylic acid groups (broad SMARTS) is 1. The molecule has 19 heavy (non-hydrogen) atoms. The van der Waals surface area contributed by atoms with Gasteiger partial charge in [-0.05, 0) is 11.5 Å². The average Bonchev–Trinajstić information content (AvgIpc) is 2.26. The summed E-state index contributed by atoms with van der Waals surface area (Å²) < 4.78 is 0. The SMILES string of the molecule is CC(C)(C)C(CC(=O)O)NC(=O)c1cccc(=O)[nH]1. The van der Waals surface area contributed by atoms with Crippen LogP contribution < -0.4 is 10.9 Å². The third kappa shape index (κ3) is 4.57. The number of hydrogen-bond donors (Lipinski definition) is 3. The third-order valence-electron chi connectivity index (χ3n) is 2.74. The molecule has 6 heteroatoms. The van der Waals surface area contributed by atoms with Crippen LogP contribution in [0.25, 0.3) is 0 Å². The normalized spacial score (nSPS) is 12.8. The molecule has 0 saturated heterocycles. The van der Waals surface area contributed by atoms with Crippen LogP contribution in [0.2, 0.25) is 0 Å². The van der Waals surface area contributed by atoms with E-state index in [-0.39, 0.29) is 17.7 Å². The Morgan fingerprint density at radius 3 is 2.47 bits per heavy atom. The van der Waals surface area contributed by atoms with Gasteiger partial charge in [-0.3, -0.25) is 14.4 Å². The van der Waals surface area contributed by atoms with E-state index in [0.717, 1.165) is 0 Å². The Balaban J connectivity index is 2.88. The van der Waals surface area contributed by atoms with Gasteiger partial charge in [0.1, 0.15) is 5.69 Å². The predicted octanol–water partition coefficient (Wildman–Crippen LogP) is 0.994. The highest BCUT2D eigenvalue weighted by Gasteiger charge is 2.28. The molecule has 0 aliphatic heterocycles. The fraction of sp³-hybridized carbons (Fsp3) is 0.462. The van der Waals surface area contributed by atoms with Crippen LogP contribution >= 0.6 is 0 Å². The Morgan fingerprint density at radius 2 is 2.00 bits per heavy atom. The molecule has 1 rings (SSSR count). The van der Waals surface area contributed by atoms with E-state index in [2.05, 4.69) is 10.3 Å². The highest BCUT2D eigenvalue weighted by atomic mass is 16.4. The van der Waals surface area contributed by atoms with E-state index in [9.17, 15) is 14.4 Å². The first-order chi connectivity index (χ1) is 8.70. The lowest BCUT2D eigenvalue weighted by Gasteiger charge is -2.30. The fourth-order valence-corrected chi connectivity index (χ4v) is 1.56. The molecule has 1 unspecified atom stereocenters. The Hall–Kier alpha value is -2.11. The molecule has 1 heterocycles. The van der Waals surface area contributed by atoms with Gasteiger partial charge in [0.15, 0.2) is 0 Å². The Morgan fingerprint density at radius 1 is 1.37 bits per heavy atom. The van der Waals surface area contributed by atoms with Crippen LogP contribution in [0.3, 0.4) is 0 Å². The minimum absolute atomic E-state index is 0.118. The van der Waals surface area contributed by atoms with E-state index >= 15 is 0 Å². The monoisotopic (exact) mass is 266 g/mol. The first-order valence-corrected chi connectivity index (χ1v) is 5.92. The van der Waals surface area contributed by atoms with Gasteiger partial charge in [-0.25, -0.2) is 0 Å². The van der Waals surface area contributed by atoms with Crippen molar-refractivity contribution in [3.63, 3.8) is 0 Å². The van der Waals surface area contributed by atoms with Gasteiger partial charge in [-0.15, -0.1) is 0 Å². The number of amides is 1. The molecular formula is C13H18N2O4. The van der Waals surface area contributed by atoms with Crippen molar-refractivity contribution < 1.29 is 14.7 Å². The van der Waals surface area contributed by atoms with Crippen molar-refractivity contribution in [3.8, 4) is 0 Å². The van der Waals surface area contributed by atoms with Gasteiger partial charge in [-0.1, -0.05) is 26.8 Å². The lowest BCUT2D eigenvalue weighted by molar-refractivity contribution is -0.138. The van der Waals surface area contributed by atoms with Gasteiger partial charge in [-0.2, -0.15) is 0 Å². The average molecular weight is 266 g/mol. The maximum atomic E-state index is 12.0. The van der Waals surface area contributed by atoms with Crippen molar-refractivity contribution >= 4 is 11.9 Å². The van der Waals surface area contributed by atoms with Gasteiger partial charge in [0.25, 0.3) is 5.91 Å². The predicted molar refractivity (Wildman–Crippen MR) is 70.0 cm³/mol. The molecule has 0 aliphatic rings. The number of hydrogen-bond acceptors (Lipinski definition) is 3. The smallest absolute Gasteiger partial charge is 0.305 e. The minimum Gasteiger partial charge on any atom is -0.481 e. The Kier molecular flexibility index (Phi) is 4.47. The number of pyridine rings is 1. The van der Waals surface area contributed by atoms with Gasteiger partial charge >= 0.3 is 5.97 Å². The third-order valence-corrected chi connectivity index (χ3v) is 2.74. The summed E-state index contributed by atoms with van der Waals surface area (Å²) >= 11 is 0. The van der Waals surface area contributed by atoms with Crippen molar-refractivity contribution in [1.29, 1.82) is 0 Å². The zero-order valence-electron chi connectivity index (χ0n) is 11.2. The van der Waals surface area contributed by atoms with Crippen LogP contribution in [0.5, 0.6) is 0 Å². The van der Waals surface area contributed by atoms with Crippen molar-refractivity contribution in [3.05, 3.63) is 34.2 Å². The molecular weight excluding hydrogens is 248 g/mol. The number of rotatable bonds is 4. The summed E-state index contributed by atoms with van der Waals surface area (Å²) in [5.74, 6) is -1.47. The van der Waals surface area contributed by atoms with Gasteiger partial charge in [0.2, 0.25) is 5.56 Å². The van der Waals surface area contributed by atoms with E-state index in [1.165, 1.54) is 18.2 Å². The zero-order valence-corrected chi connectivity index (χ0v) is 11.2. The highest BCUT2D eigenvalue weighted by Crippen LogP contribution is 2.22. The summed E-state index contributed by atoms with van der Waals surface area (Å²) in [6.07, 6.45) is -0.174. The number of H-pyrrole nitrogens is 1. The molecule has 1 atom stereocenters. The summed E-state index contributed by atoms with van der Waals surface area (Å²) in [5, 5.41) is 11.5. The standard InChI is InChI=1S/C13H18N2O4/c1-13(2,3)9(7-11(17)18)15-12(19)8-5-4-6-10(16)14-8/h4-6,9H,7H2,1-3H3,(H,14,16)(H,15,19)(H,17,18). The molecule has 1 aromatic heterocycles. The molecule has 3 N–H and O–H groups in total. The highest BCUT2D eigenvalue weighted by molar-refractivity contribution is 5.92. The van der Waals surface area contributed by atoms with Gasteiger partial charge < -0.3 is 15.4 Å². The van der Waals surface area contributed by atoms with Crippen molar-refractivity contribution in [2.45, 2.75) is 33.2 Å². The number of carbonyl (C=O) groups is 2. The van der Waals surface area contributed by atoms with Crippen molar-refractivity contribution in [1.82, 2.24) is 10.3 Å². The quantitative estimate of drug-likeness (QED) is 0.756. The molecule has 104 valence electrons. The number of aliphatic carboxylic acids is 1. The number of aromatic amines is 1. The maximum Gasteiger partial charge on any atom is 0.305 e. The molecule has 0 spiro atoms. The summed E-state index contributed by atoms with van der Waals surface area (Å²) in [4.78, 5) is 36.3. The largest absolute Gasteiger partial charge is 0.481 e. The van der Waals surface area contributed by atoms with Crippen LogP contribution in [-0.2, 0) is 4.79 Å². The van der Waals surface area contributed by atoms with Crippen LogP contribution in [0.4, 0.5) is 0 Å². The molecule has 0 saturated carbocycles. The second kappa shape index (κ2) is 5.69. The second-order valence-corrected chi connectivity index (χ2v) is 5.42. The molecule has 1 aromatic rings. The van der Waals surface area contributed by atoms with Crippen LogP contribution in [0, 0.1) is 5.41 Å². The van der Waals surface area contributed by atoms with Crippen LogP contribution in [-0.4, -0.2) is 28.0 Å². The Bertz CT molecular complexity index is 528. The lowest BCUT2D eigenvalue weighted by atomic mass is 9.84. The van der Waals surface area contributed by atoms with Gasteiger partial charge in [0.05, 0.1) is 6.42 Å². The van der Waals surface area contributed by atoms with Crippen molar-refractivity contribution in [2.24, 2.45) is 5.41 Å². The van der Waals surface area contributed by atoms with Crippen LogP contribution in [0.15, 0.2) is 23.0 Å². The van der Waals surface area contributed by atoms with Gasteiger partial charge in [0, 0.05) is 12.1 Å². The topological polar surface area (TPSA) is 99.3 Å². The van der Waals surface area contributed by atoms with Crippen LogP contribution in [0.1, 0.15) is 37.7 Å². The molecule has 0 aromatic carbocycles.